The molecule has 8 heteroatoms. The Labute approximate surface area is 210 Å². The molecule has 3 fully saturated rings. The average Bonchev–Trinajstić information content (AvgIpc) is 2.75. The van der Waals surface area contributed by atoms with Crippen LogP contribution in [-0.2, 0) is 23.9 Å². The van der Waals surface area contributed by atoms with Crippen LogP contribution >= 0.6 is 0 Å². The molecular formula is C27H45N2O6-. The van der Waals surface area contributed by atoms with Crippen molar-refractivity contribution in [2.24, 2.45) is 16.7 Å². The second kappa shape index (κ2) is 10.8. The predicted molar refractivity (Wildman–Crippen MR) is 130 cm³/mol. The molecule has 0 aromatic carbocycles. The second-order valence-corrected chi connectivity index (χ2v) is 12.2. The van der Waals surface area contributed by atoms with Crippen LogP contribution in [-0.4, -0.2) is 48.4 Å². The molecule has 0 spiro atoms. The summed E-state index contributed by atoms with van der Waals surface area (Å²) in [6, 6.07) is 0. The van der Waals surface area contributed by atoms with Gasteiger partial charge in [-0.15, -0.1) is 0 Å². The molecular weight excluding hydrogens is 448 g/mol. The summed E-state index contributed by atoms with van der Waals surface area (Å²) in [5.74, 6) is -3.55. The summed E-state index contributed by atoms with van der Waals surface area (Å²) in [6.45, 7) is 9.65. The number of unbranched alkanes of at least 4 members (excludes halogenated alkanes) is 1. The Balaban J connectivity index is 1.76. The summed E-state index contributed by atoms with van der Waals surface area (Å²) in [4.78, 5) is 39.2. The highest BCUT2D eigenvalue weighted by atomic mass is 16.7. The standard InChI is InChI=1S/C27H46N2O6/c1-6-7-12-26(13-11-14-26)23(33)29-27(15-9-8-10-16-27)19(22(31)32)17-28-21(30)20-24(2,3)18-34-25(4,5)35-20/h19-20H,6-18H2,1-5H3,(H,28,30)(H,29,33)(H,31,32)/p-1. The summed E-state index contributed by atoms with van der Waals surface area (Å²) in [7, 11) is 0. The van der Waals surface area contributed by atoms with Crippen LogP contribution in [0.3, 0.4) is 0 Å². The maximum Gasteiger partial charge on any atom is 0.249 e. The summed E-state index contributed by atoms with van der Waals surface area (Å²) in [6.07, 6.45) is 8.63. The average molecular weight is 494 g/mol. The lowest BCUT2D eigenvalue weighted by molar-refractivity contribution is -0.314. The van der Waals surface area contributed by atoms with E-state index in [1.165, 1.54) is 0 Å². The molecule has 1 heterocycles. The molecule has 2 N–H and O–H groups in total. The number of aliphatic carboxylic acids is 1. The molecule has 3 rings (SSSR count). The second-order valence-electron chi connectivity index (χ2n) is 12.2. The molecule has 2 aliphatic carbocycles. The van der Waals surface area contributed by atoms with Crippen molar-refractivity contribution in [1.29, 1.82) is 0 Å². The van der Waals surface area contributed by atoms with Gasteiger partial charge in [-0.2, -0.15) is 0 Å². The fraction of sp³-hybridized carbons (Fsp3) is 0.889. The summed E-state index contributed by atoms with van der Waals surface area (Å²) >= 11 is 0. The van der Waals surface area contributed by atoms with Crippen LogP contribution in [0.2, 0.25) is 0 Å². The molecule has 2 saturated carbocycles. The van der Waals surface area contributed by atoms with Gasteiger partial charge in [0.2, 0.25) is 11.8 Å². The maximum absolute atomic E-state index is 13.6. The fourth-order valence-electron chi connectivity index (χ4n) is 5.93. The molecule has 8 nitrogen and oxygen atoms in total. The van der Waals surface area contributed by atoms with E-state index < -0.39 is 34.7 Å². The van der Waals surface area contributed by atoms with Crippen LogP contribution in [0.25, 0.3) is 0 Å². The van der Waals surface area contributed by atoms with E-state index >= 15 is 0 Å². The minimum absolute atomic E-state index is 0.0210. The lowest BCUT2D eigenvalue weighted by Crippen LogP contribution is -2.65. The normalized spacial score (nSPS) is 27.2. The number of carbonyl (C=O) groups excluding carboxylic acids is 3. The van der Waals surface area contributed by atoms with Gasteiger partial charge < -0.3 is 30.0 Å². The lowest BCUT2D eigenvalue weighted by Gasteiger charge is -2.49. The zero-order chi connectivity index (χ0) is 25.9. The molecule has 3 aliphatic rings. The van der Waals surface area contributed by atoms with Gasteiger partial charge >= 0.3 is 0 Å². The van der Waals surface area contributed by atoms with E-state index in [4.69, 9.17) is 9.47 Å². The van der Waals surface area contributed by atoms with Crippen molar-refractivity contribution in [3.63, 3.8) is 0 Å². The fourth-order valence-corrected chi connectivity index (χ4v) is 5.93. The Bertz CT molecular complexity index is 783. The highest BCUT2D eigenvalue weighted by Crippen LogP contribution is 2.47. The van der Waals surface area contributed by atoms with Gasteiger partial charge in [0.05, 0.1) is 6.61 Å². The van der Waals surface area contributed by atoms with E-state index in [0.29, 0.717) is 19.4 Å². The molecule has 2 atom stereocenters. The summed E-state index contributed by atoms with van der Waals surface area (Å²) in [5.41, 5.74) is -1.86. The first-order valence-electron chi connectivity index (χ1n) is 13.5. The molecule has 2 unspecified atom stereocenters. The van der Waals surface area contributed by atoms with E-state index in [0.717, 1.165) is 57.8 Å². The minimum atomic E-state index is -1.24. The Morgan fingerprint density at radius 2 is 1.66 bits per heavy atom. The van der Waals surface area contributed by atoms with E-state index in [2.05, 4.69) is 17.6 Å². The number of rotatable bonds is 10. The number of hydrogen-bond acceptors (Lipinski definition) is 6. The van der Waals surface area contributed by atoms with Gasteiger partial charge in [0.15, 0.2) is 5.79 Å². The van der Waals surface area contributed by atoms with Gasteiger partial charge in [-0.25, -0.2) is 0 Å². The molecule has 200 valence electrons. The Morgan fingerprint density at radius 3 is 2.20 bits per heavy atom. The molecule has 1 aliphatic heterocycles. The van der Waals surface area contributed by atoms with E-state index in [9.17, 15) is 19.5 Å². The Kier molecular flexibility index (Phi) is 8.57. The van der Waals surface area contributed by atoms with Gasteiger partial charge in [0.25, 0.3) is 0 Å². The predicted octanol–water partition coefficient (Wildman–Crippen LogP) is 2.83. The van der Waals surface area contributed by atoms with Crippen molar-refractivity contribution in [3.8, 4) is 0 Å². The zero-order valence-corrected chi connectivity index (χ0v) is 22.3. The van der Waals surface area contributed by atoms with E-state index in [-0.39, 0.29) is 23.8 Å². The first-order valence-corrected chi connectivity index (χ1v) is 13.5. The van der Waals surface area contributed by atoms with Crippen molar-refractivity contribution >= 4 is 17.8 Å². The van der Waals surface area contributed by atoms with Crippen LogP contribution < -0.4 is 15.7 Å². The van der Waals surface area contributed by atoms with Crippen LogP contribution in [0.15, 0.2) is 0 Å². The molecule has 0 aromatic rings. The van der Waals surface area contributed by atoms with Gasteiger partial charge in [0.1, 0.15) is 6.10 Å². The third kappa shape index (κ3) is 6.19. The highest BCUT2D eigenvalue weighted by Gasteiger charge is 2.50. The molecule has 0 aromatic heterocycles. The molecule has 0 radical (unpaired) electrons. The zero-order valence-electron chi connectivity index (χ0n) is 22.3. The Hall–Kier alpha value is -1.67. The third-order valence-electron chi connectivity index (χ3n) is 8.48. The van der Waals surface area contributed by atoms with Gasteiger partial charge in [0, 0.05) is 34.8 Å². The molecule has 1 saturated heterocycles. The van der Waals surface area contributed by atoms with Crippen molar-refractivity contribution in [1.82, 2.24) is 10.6 Å². The SMILES string of the molecule is CCCCC1(C(=O)NC2(C(CNC(=O)C3OC(C)(C)OCC3(C)C)C(=O)[O-])CCCCC2)CCC1. The van der Waals surface area contributed by atoms with Crippen LogP contribution in [0.1, 0.15) is 105 Å². The number of carboxylic acids is 1. The number of amides is 2. The highest BCUT2D eigenvalue weighted by molar-refractivity contribution is 5.86. The molecule has 35 heavy (non-hydrogen) atoms. The lowest BCUT2D eigenvalue weighted by atomic mass is 9.64. The van der Waals surface area contributed by atoms with Crippen LogP contribution in [0, 0.1) is 16.7 Å². The largest absolute Gasteiger partial charge is 0.550 e. The molecule has 0 bridgehead atoms. The number of carbonyl (C=O) groups is 3. The third-order valence-corrected chi connectivity index (χ3v) is 8.48. The Morgan fingerprint density at radius 1 is 1.00 bits per heavy atom. The monoisotopic (exact) mass is 493 g/mol. The quantitative estimate of drug-likeness (QED) is 0.483. The topological polar surface area (TPSA) is 117 Å². The molecule has 2 amide bonds. The number of hydrogen-bond donors (Lipinski definition) is 2. The van der Waals surface area contributed by atoms with E-state index in [1.54, 1.807) is 13.8 Å². The first-order chi connectivity index (χ1) is 16.4. The number of nitrogens with one attached hydrogen (secondary N) is 2. The first kappa shape index (κ1) is 27.9. The maximum atomic E-state index is 13.6. The van der Waals surface area contributed by atoms with Crippen LogP contribution in [0.4, 0.5) is 0 Å². The van der Waals surface area contributed by atoms with E-state index in [1.807, 2.05) is 13.8 Å². The summed E-state index contributed by atoms with van der Waals surface area (Å²) < 4.78 is 11.6. The van der Waals surface area contributed by atoms with Gasteiger partial charge in [-0.1, -0.05) is 59.3 Å². The van der Waals surface area contributed by atoms with Crippen molar-refractivity contribution < 1.29 is 29.0 Å². The number of carboxylic acid groups (broad SMARTS) is 1. The summed E-state index contributed by atoms with van der Waals surface area (Å²) in [5, 5.41) is 18.5. The van der Waals surface area contributed by atoms with Gasteiger partial charge in [-0.05, 0) is 46.0 Å². The van der Waals surface area contributed by atoms with Crippen LogP contribution in [0.5, 0.6) is 0 Å². The number of ether oxygens (including phenoxy) is 2. The van der Waals surface area contributed by atoms with Crippen molar-refractivity contribution in [3.05, 3.63) is 0 Å². The van der Waals surface area contributed by atoms with Crippen molar-refractivity contribution in [2.75, 3.05) is 13.2 Å². The minimum Gasteiger partial charge on any atom is -0.550 e. The van der Waals surface area contributed by atoms with Crippen molar-refractivity contribution in [2.45, 2.75) is 123 Å². The van der Waals surface area contributed by atoms with Gasteiger partial charge in [-0.3, -0.25) is 9.59 Å². The smallest absolute Gasteiger partial charge is 0.249 e.